The Bertz CT molecular complexity index is 812. The van der Waals surface area contributed by atoms with E-state index in [1.54, 1.807) is 24.3 Å². The van der Waals surface area contributed by atoms with Crippen LogP contribution >= 0.6 is 0 Å². The number of benzene rings is 2. The van der Waals surface area contributed by atoms with Crippen molar-refractivity contribution in [2.24, 2.45) is 0 Å². The first-order valence-corrected chi connectivity index (χ1v) is 9.26. The molecule has 2 rings (SSSR count). The van der Waals surface area contributed by atoms with Crippen LogP contribution in [0.5, 0.6) is 11.5 Å². The lowest BCUT2D eigenvalue weighted by Gasteiger charge is -2.20. The summed E-state index contributed by atoms with van der Waals surface area (Å²) >= 11 is 0. The number of para-hydroxylation sites is 2. The Hall–Kier alpha value is -3.02. The fourth-order valence-electron chi connectivity index (χ4n) is 2.52. The molecule has 6 nitrogen and oxygen atoms in total. The van der Waals surface area contributed by atoms with E-state index in [0.717, 1.165) is 11.3 Å². The Morgan fingerprint density at radius 1 is 0.929 bits per heavy atom. The lowest BCUT2D eigenvalue weighted by molar-refractivity contribution is -0.124. The molecule has 0 fully saturated rings. The van der Waals surface area contributed by atoms with Crippen molar-refractivity contribution in [1.82, 2.24) is 10.6 Å². The van der Waals surface area contributed by atoms with Gasteiger partial charge in [-0.15, -0.1) is 0 Å². The standard InChI is InChI=1S/C22H28N2O4/c1-16-9-5-7-11-18(16)27-14-13-23-21(26)17-10-6-8-12-19(17)28-15-20(25)24-22(2,3)4/h5-12H,13-15H2,1-4H3,(H,23,26)(H,24,25). The smallest absolute Gasteiger partial charge is 0.258 e. The van der Waals surface area contributed by atoms with Gasteiger partial charge >= 0.3 is 0 Å². The second-order valence-corrected chi connectivity index (χ2v) is 7.45. The van der Waals surface area contributed by atoms with E-state index in [-0.39, 0.29) is 24.0 Å². The molecule has 0 aliphatic carbocycles. The average Bonchev–Trinajstić information content (AvgIpc) is 2.63. The van der Waals surface area contributed by atoms with E-state index in [9.17, 15) is 9.59 Å². The summed E-state index contributed by atoms with van der Waals surface area (Å²) in [5, 5.41) is 5.63. The van der Waals surface area contributed by atoms with E-state index in [2.05, 4.69) is 10.6 Å². The minimum absolute atomic E-state index is 0.155. The summed E-state index contributed by atoms with van der Waals surface area (Å²) in [5.74, 6) is 0.642. The van der Waals surface area contributed by atoms with Crippen LogP contribution in [0.4, 0.5) is 0 Å². The molecule has 0 atom stereocenters. The van der Waals surface area contributed by atoms with E-state index >= 15 is 0 Å². The van der Waals surface area contributed by atoms with Gasteiger partial charge in [-0.3, -0.25) is 9.59 Å². The molecule has 0 radical (unpaired) electrons. The maximum absolute atomic E-state index is 12.5. The number of nitrogens with one attached hydrogen (secondary N) is 2. The van der Waals surface area contributed by atoms with Gasteiger partial charge in [0, 0.05) is 5.54 Å². The van der Waals surface area contributed by atoms with Crippen molar-refractivity contribution >= 4 is 11.8 Å². The fourth-order valence-corrected chi connectivity index (χ4v) is 2.52. The van der Waals surface area contributed by atoms with Crippen molar-refractivity contribution < 1.29 is 19.1 Å². The van der Waals surface area contributed by atoms with E-state index < -0.39 is 0 Å². The maximum atomic E-state index is 12.5. The zero-order valence-corrected chi connectivity index (χ0v) is 16.9. The van der Waals surface area contributed by atoms with Crippen LogP contribution in [-0.4, -0.2) is 37.1 Å². The van der Waals surface area contributed by atoms with Gasteiger partial charge in [0.15, 0.2) is 6.61 Å². The molecule has 6 heteroatoms. The highest BCUT2D eigenvalue weighted by atomic mass is 16.5. The van der Waals surface area contributed by atoms with Crippen molar-refractivity contribution in [3.8, 4) is 11.5 Å². The molecule has 0 unspecified atom stereocenters. The zero-order chi connectivity index (χ0) is 20.6. The molecule has 28 heavy (non-hydrogen) atoms. The molecule has 0 aliphatic heterocycles. The molecule has 150 valence electrons. The molecule has 2 aromatic rings. The number of hydrogen-bond acceptors (Lipinski definition) is 4. The van der Waals surface area contributed by atoms with Crippen LogP contribution < -0.4 is 20.1 Å². The van der Waals surface area contributed by atoms with Gasteiger partial charge in [-0.25, -0.2) is 0 Å². The first-order valence-electron chi connectivity index (χ1n) is 9.26. The highest BCUT2D eigenvalue weighted by Crippen LogP contribution is 2.18. The molecule has 0 spiro atoms. The first kappa shape index (κ1) is 21.3. The molecule has 2 amide bonds. The molecule has 2 aromatic carbocycles. The molecule has 0 bridgehead atoms. The topological polar surface area (TPSA) is 76.7 Å². The number of rotatable bonds is 8. The summed E-state index contributed by atoms with van der Waals surface area (Å²) in [6.45, 7) is 8.21. The Balaban J connectivity index is 1.86. The van der Waals surface area contributed by atoms with Crippen LogP contribution in [0.25, 0.3) is 0 Å². The molecule has 0 aliphatic rings. The van der Waals surface area contributed by atoms with Gasteiger partial charge in [0.05, 0.1) is 12.1 Å². The number of carbonyl (C=O) groups excluding carboxylic acids is 2. The summed E-state index contributed by atoms with van der Waals surface area (Å²) in [5.41, 5.74) is 1.08. The van der Waals surface area contributed by atoms with Crippen molar-refractivity contribution in [3.63, 3.8) is 0 Å². The average molecular weight is 384 g/mol. The third-order valence-corrected chi connectivity index (χ3v) is 3.74. The van der Waals surface area contributed by atoms with Crippen LogP contribution in [0.3, 0.4) is 0 Å². The predicted octanol–water partition coefficient (Wildman–Crippen LogP) is 3.10. The highest BCUT2D eigenvalue weighted by molar-refractivity contribution is 5.97. The summed E-state index contributed by atoms with van der Waals surface area (Å²) < 4.78 is 11.2. The van der Waals surface area contributed by atoms with E-state index in [1.807, 2.05) is 52.0 Å². The monoisotopic (exact) mass is 384 g/mol. The minimum atomic E-state index is -0.339. The quantitative estimate of drug-likeness (QED) is 0.686. The minimum Gasteiger partial charge on any atom is -0.491 e. The second-order valence-electron chi connectivity index (χ2n) is 7.45. The number of carbonyl (C=O) groups is 2. The van der Waals surface area contributed by atoms with Crippen LogP contribution in [-0.2, 0) is 4.79 Å². The van der Waals surface area contributed by atoms with Crippen LogP contribution in [0.2, 0.25) is 0 Å². The molecular formula is C22H28N2O4. The largest absolute Gasteiger partial charge is 0.491 e. The summed E-state index contributed by atoms with van der Waals surface area (Å²) in [4.78, 5) is 24.4. The number of amides is 2. The highest BCUT2D eigenvalue weighted by Gasteiger charge is 2.16. The zero-order valence-electron chi connectivity index (χ0n) is 16.9. The Morgan fingerprint density at radius 2 is 1.57 bits per heavy atom. The maximum Gasteiger partial charge on any atom is 0.258 e. The lowest BCUT2D eigenvalue weighted by Crippen LogP contribution is -2.43. The van der Waals surface area contributed by atoms with Crippen LogP contribution in [0, 0.1) is 6.92 Å². The van der Waals surface area contributed by atoms with E-state index in [1.165, 1.54) is 0 Å². The molecule has 0 saturated carbocycles. The SMILES string of the molecule is Cc1ccccc1OCCNC(=O)c1ccccc1OCC(=O)NC(C)(C)C. The third kappa shape index (κ3) is 6.95. The molecule has 0 aromatic heterocycles. The van der Waals surface area contributed by atoms with Gasteiger partial charge in [-0.1, -0.05) is 30.3 Å². The predicted molar refractivity (Wildman–Crippen MR) is 109 cm³/mol. The summed E-state index contributed by atoms with van der Waals surface area (Å²) in [7, 11) is 0. The van der Waals surface area contributed by atoms with Gasteiger partial charge in [-0.2, -0.15) is 0 Å². The van der Waals surface area contributed by atoms with Crippen molar-refractivity contribution in [2.45, 2.75) is 33.2 Å². The Labute approximate surface area is 166 Å². The normalized spacial score (nSPS) is 10.9. The van der Waals surface area contributed by atoms with Crippen molar-refractivity contribution in [3.05, 3.63) is 59.7 Å². The molecule has 0 heterocycles. The molecule has 0 saturated heterocycles. The fraction of sp³-hybridized carbons (Fsp3) is 0.364. The van der Waals surface area contributed by atoms with Crippen LogP contribution in [0.1, 0.15) is 36.7 Å². The van der Waals surface area contributed by atoms with Gasteiger partial charge < -0.3 is 20.1 Å². The van der Waals surface area contributed by atoms with Crippen LogP contribution in [0.15, 0.2) is 48.5 Å². The lowest BCUT2D eigenvalue weighted by atomic mass is 10.1. The Morgan fingerprint density at radius 3 is 2.25 bits per heavy atom. The van der Waals surface area contributed by atoms with Gasteiger partial charge in [0.1, 0.15) is 18.1 Å². The van der Waals surface area contributed by atoms with E-state index in [4.69, 9.17) is 9.47 Å². The number of ether oxygens (including phenoxy) is 2. The molecule has 2 N–H and O–H groups in total. The molecular weight excluding hydrogens is 356 g/mol. The van der Waals surface area contributed by atoms with E-state index in [0.29, 0.717) is 24.5 Å². The first-order chi connectivity index (χ1) is 13.3. The number of hydrogen-bond donors (Lipinski definition) is 2. The van der Waals surface area contributed by atoms with Crippen molar-refractivity contribution in [2.75, 3.05) is 19.8 Å². The second kappa shape index (κ2) is 9.78. The summed E-state index contributed by atoms with van der Waals surface area (Å²) in [6, 6.07) is 14.6. The van der Waals surface area contributed by atoms with Gasteiger partial charge in [-0.05, 0) is 51.5 Å². The summed E-state index contributed by atoms with van der Waals surface area (Å²) in [6.07, 6.45) is 0. The Kier molecular flexibility index (Phi) is 7.44. The third-order valence-electron chi connectivity index (χ3n) is 3.74. The number of aryl methyl sites for hydroxylation is 1. The van der Waals surface area contributed by atoms with Gasteiger partial charge in [0.25, 0.3) is 11.8 Å². The van der Waals surface area contributed by atoms with Crippen molar-refractivity contribution in [1.29, 1.82) is 0 Å². The van der Waals surface area contributed by atoms with Gasteiger partial charge in [0.2, 0.25) is 0 Å².